The van der Waals surface area contributed by atoms with Gasteiger partial charge in [-0.3, -0.25) is 9.59 Å². The number of benzene rings is 2. The number of amides is 2. The van der Waals surface area contributed by atoms with Crippen molar-refractivity contribution in [1.29, 1.82) is 0 Å². The second-order valence-electron chi connectivity index (χ2n) is 6.36. The predicted octanol–water partition coefficient (Wildman–Crippen LogP) is 4.29. The van der Waals surface area contributed by atoms with Gasteiger partial charge in [-0.05, 0) is 30.5 Å². The van der Waals surface area contributed by atoms with Crippen LogP contribution in [-0.4, -0.2) is 18.4 Å². The summed E-state index contributed by atoms with van der Waals surface area (Å²) in [6.45, 7) is 3.00. The number of ether oxygens (including phenoxy) is 1. The quantitative estimate of drug-likeness (QED) is 0.581. The number of unbranched alkanes of at least 4 members (excludes halogenated alkanes) is 2. The van der Waals surface area contributed by atoms with Gasteiger partial charge < -0.3 is 15.4 Å². The Labute approximate surface area is 161 Å². The number of anilines is 1. The number of carbonyl (C=O) groups is 2. The average Bonchev–Trinajstić information content (AvgIpc) is 2.70. The summed E-state index contributed by atoms with van der Waals surface area (Å²) in [6, 6.07) is 17.4. The maximum Gasteiger partial charge on any atom is 0.224 e. The predicted molar refractivity (Wildman–Crippen MR) is 108 cm³/mol. The molecular formula is C22H28N2O3. The highest BCUT2D eigenvalue weighted by molar-refractivity contribution is 5.90. The second kappa shape index (κ2) is 11.7. The molecule has 0 fully saturated rings. The zero-order valence-electron chi connectivity index (χ0n) is 15.9. The molecule has 0 aliphatic rings. The summed E-state index contributed by atoms with van der Waals surface area (Å²) < 4.78 is 5.78. The van der Waals surface area contributed by atoms with Crippen LogP contribution in [0.2, 0.25) is 0 Å². The minimum absolute atomic E-state index is 0.00666. The molecule has 0 radical (unpaired) electrons. The van der Waals surface area contributed by atoms with E-state index >= 15 is 0 Å². The fourth-order valence-electron chi connectivity index (χ4n) is 2.57. The molecule has 0 saturated carbocycles. The molecular weight excluding hydrogens is 340 g/mol. The van der Waals surface area contributed by atoms with Gasteiger partial charge in [-0.1, -0.05) is 49.7 Å². The van der Waals surface area contributed by atoms with Crippen molar-refractivity contribution in [1.82, 2.24) is 5.32 Å². The van der Waals surface area contributed by atoms with Crippen molar-refractivity contribution in [2.24, 2.45) is 0 Å². The molecule has 0 atom stereocenters. The van der Waals surface area contributed by atoms with E-state index in [9.17, 15) is 9.59 Å². The molecule has 2 N–H and O–H groups in total. The lowest BCUT2D eigenvalue weighted by Gasteiger charge is -2.09. The molecule has 2 aromatic rings. The van der Waals surface area contributed by atoms with Crippen molar-refractivity contribution >= 4 is 17.5 Å². The maximum atomic E-state index is 12.1. The lowest BCUT2D eigenvalue weighted by molar-refractivity contribution is -0.121. The van der Waals surface area contributed by atoms with Crippen molar-refractivity contribution in [2.75, 3.05) is 11.9 Å². The van der Waals surface area contributed by atoms with Crippen molar-refractivity contribution in [3.63, 3.8) is 0 Å². The molecule has 0 aromatic heterocycles. The van der Waals surface area contributed by atoms with Crippen LogP contribution in [0.1, 0.15) is 44.6 Å². The lowest BCUT2D eigenvalue weighted by atomic mass is 10.2. The number of carbonyl (C=O) groups excluding carboxylic acids is 2. The first kappa shape index (κ1) is 20.5. The molecule has 0 aliphatic heterocycles. The Balaban J connectivity index is 1.67. The highest BCUT2D eigenvalue weighted by Crippen LogP contribution is 2.19. The summed E-state index contributed by atoms with van der Waals surface area (Å²) in [5.41, 5.74) is 1.84. The third kappa shape index (κ3) is 8.40. The van der Waals surface area contributed by atoms with Crippen LogP contribution < -0.4 is 15.4 Å². The Morgan fingerprint density at radius 2 is 1.74 bits per heavy atom. The molecule has 5 nitrogen and oxygen atoms in total. The average molecular weight is 368 g/mol. The SMILES string of the molecule is CCC(=O)NCCCCCC(=O)Nc1cccc(OCc2ccccc2)c1. The normalized spacial score (nSPS) is 10.3. The maximum absolute atomic E-state index is 12.1. The first-order valence-electron chi connectivity index (χ1n) is 9.50. The Kier molecular flexibility index (Phi) is 8.90. The summed E-state index contributed by atoms with van der Waals surface area (Å²) in [4.78, 5) is 23.2. The van der Waals surface area contributed by atoms with E-state index in [1.54, 1.807) is 0 Å². The van der Waals surface area contributed by atoms with Crippen LogP contribution in [0, 0.1) is 0 Å². The van der Waals surface area contributed by atoms with E-state index in [1.807, 2.05) is 61.5 Å². The van der Waals surface area contributed by atoms with Crippen molar-refractivity contribution < 1.29 is 14.3 Å². The molecule has 0 bridgehead atoms. The van der Waals surface area contributed by atoms with Crippen LogP contribution >= 0.6 is 0 Å². The minimum atomic E-state index is -0.00666. The first-order chi connectivity index (χ1) is 13.2. The molecule has 27 heavy (non-hydrogen) atoms. The molecule has 5 heteroatoms. The first-order valence-corrected chi connectivity index (χ1v) is 9.50. The van der Waals surface area contributed by atoms with Gasteiger partial charge in [0.05, 0.1) is 0 Å². The van der Waals surface area contributed by atoms with Gasteiger partial charge in [-0.25, -0.2) is 0 Å². The summed E-state index contributed by atoms with van der Waals surface area (Å²) in [7, 11) is 0. The molecule has 0 saturated heterocycles. The number of nitrogens with one attached hydrogen (secondary N) is 2. The van der Waals surface area contributed by atoms with Gasteiger partial charge in [0, 0.05) is 31.1 Å². The smallest absolute Gasteiger partial charge is 0.224 e. The van der Waals surface area contributed by atoms with E-state index in [2.05, 4.69) is 10.6 Å². The molecule has 2 rings (SSSR count). The number of hydrogen-bond donors (Lipinski definition) is 2. The Morgan fingerprint density at radius 1 is 0.926 bits per heavy atom. The lowest BCUT2D eigenvalue weighted by Crippen LogP contribution is -2.23. The molecule has 2 aromatic carbocycles. The van der Waals surface area contributed by atoms with Crippen LogP contribution in [0.15, 0.2) is 54.6 Å². The van der Waals surface area contributed by atoms with E-state index in [0.29, 0.717) is 26.0 Å². The number of hydrogen-bond acceptors (Lipinski definition) is 3. The summed E-state index contributed by atoms with van der Waals surface area (Å²) >= 11 is 0. The molecule has 0 heterocycles. The monoisotopic (exact) mass is 368 g/mol. The minimum Gasteiger partial charge on any atom is -0.489 e. The molecule has 0 spiro atoms. The summed E-state index contributed by atoms with van der Waals surface area (Å²) in [6.07, 6.45) is 3.59. The van der Waals surface area contributed by atoms with E-state index < -0.39 is 0 Å². The van der Waals surface area contributed by atoms with Gasteiger partial charge in [-0.15, -0.1) is 0 Å². The van der Waals surface area contributed by atoms with Gasteiger partial charge in [0.2, 0.25) is 11.8 Å². The third-order valence-corrected chi connectivity index (χ3v) is 4.09. The second-order valence-corrected chi connectivity index (χ2v) is 6.36. The van der Waals surface area contributed by atoms with Crippen molar-refractivity contribution in [2.45, 2.75) is 45.6 Å². The van der Waals surface area contributed by atoms with Crippen LogP contribution in [0.3, 0.4) is 0 Å². The van der Waals surface area contributed by atoms with Crippen molar-refractivity contribution in [3.8, 4) is 5.75 Å². The zero-order chi connectivity index (χ0) is 19.3. The van der Waals surface area contributed by atoms with Gasteiger partial charge in [0.25, 0.3) is 0 Å². The number of rotatable bonds is 11. The Morgan fingerprint density at radius 3 is 2.52 bits per heavy atom. The molecule has 2 amide bonds. The van der Waals surface area contributed by atoms with Gasteiger partial charge >= 0.3 is 0 Å². The highest BCUT2D eigenvalue weighted by Gasteiger charge is 2.04. The van der Waals surface area contributed by atoms with Crippen LogP contribution in [0.25, 0.3) is 0 Å². The van der Waals surface area contributed by atoms with E-state index in [-0.39, 0.29) is 11.8 Å². The Hall–Kier alpha value is -2.82. The van der Waals surface area contributed by atoms with Crippen LogP contribution in [0.5, 0.6) is 5.75 Å². The third-order valence-electron chi connectivity index (χ3n) is 4.09. The van der Waals surface area contributed by atoms with Gasteiger partial charge in [-0.2, -0.15) is 0 Å². The van der Waals surface area contributed by atoms with Crippen molar-refractivity contribution in [3.05, 3.63) is 60.2 Å². The fraction of sp³-hybridized carbons (Fsp3) is 0.364. The van der Waals surface area contributed by atoms with E-state index in [0.717, 1.165) is 36.3 Å². The standard InChI is InChI=1S/C22H28N2O3/c1-2-21(25)23-15-8-4-7-14-22(26)24-19-12-9-13-20(16-19)27-17-18-10-5-3-6-11-18/h3,5-6,9-13,16H,2,4,7-8,14-15,17H2,1H3,(H,23,25)(H,24,26). The fourth-order valence-corrected chi connectivity index (χ4v) is 2.57. The van der Waals surface area contributed by atoms with Gasteiger partial charge in [0.1, 0.15) is 12.4 Å². The largest absolute Gasteiger partial charge is 0.489 e. The molecule has 0 unspecified atom stereocenters. The van der Waals surface area contributed by atoms with Crippen LogP contribution in [-0.2, 0) is 16.2 Å². The Bertz CT molecular complexity index is 717. The highest BCUT2D eigenvalue weighted by atomic mass is 16.5. The zero-order valence-corrected chi connectivity index (χ0v) is 15.9. The van der Waals surface area contributed by atoms with E-state index in [1.165, 1.54) is 0 Å². The van der Waals surface area contributed by atoms with E-state index in [4.69, 9.17) is 4.74 Å². The summed E-state index contributed by atoms with van der Waals surface area (Å²) in [5.74, 6) is 0.790. The van der Waals surface area contributed by atoms with Crippen LogP contribution in [0.4, 0.5) is 5.69 Å². The summed E-state index contributed by atoms with van der Waals surface area (Å²) in [5, 5.41) is 5.75. The van der Waals surface area contributed by atoms with Gasteiger partial charge in [0.15, 0.2) is 0 Å². The topological polar surface area (TPSA) is 67.4 Å². The molecule has 0 aliphatic carbocycles. The molecule has 144 valence electrons.